The van der Waals surface area contributed by atoms with Gasteiger partial charge >= 0.3 is 0 Å². The van der Waals surface area contributed by atoms with Crippen LogP contribution in [0.2, 0.25) is 0 Å². The summed E-state index contributed by atoms with van der Waals surface area (Å²) in [5.74, 6) is 0.759. The number of hydrogen-bond donors (Lipinski definition) is 1. The van der Waals surface area contributed by atoms with E-state index in [0.717, 1.165) is 19.0 Å². The molecule has 1 unspecified atom stereocenters. The molecule has 0 aliphatic heterocycles. The van der Waals surface area contributed by atoms with Crippen molar-refractivity contribution in [2.75, 3.05) is 13.1 Å². The number of unbranched alkanes of at least 4 members (excludes halogenated alkanes) is 1. The molecule has 18 heavy (non-hydrogen) atoms. The maximum atomic E-state index is 3.65. The van der Waals surface area contributed by atoms with Gasteiger partial charge in [-0.25, -0.2) is 0 Å². The minimum Gasteiger partial charge on any atom is -0.316 e. The molecule has 0 aliphatic carbocycles. The normalized spacial score (nSPS) is 12.6. The van der Waals surface area contributed by atoms with Crippen molar-refractivity contribution >= 4 is 15.9 Å². The molecule has 0 amide bonds. The molecule has 0 bridgehead atoms. The number of halogens is 1. The lowest BCUT2D eigenvalue weighted by Crippen LogP contribution is -2.25. The molecule has 1 nitrogen and oxygen atoms in total. The maximum Gasteiger partial charge on any atom is 0.0207 e. The second-order valence-corrected chi connectivity index (χ2v) is 5.86. The van der Waals surface area contributed by atoms with Crippen molar-refractivity contribution in [2.24, 2.45) is 5.92 Å². The Hall–Kier alpha value is -0.340. The smallest absolute Gasteiger partial charge is 0.0207 e. The Morgan fingerprint density at radius 2 is 1.94 bits per heavy atom. The van der Waals surface area contributed by atoms with E-state index in [1.54, 1.807) is 0 Å². The van der Waals surface area contributed by atoms with Gasteiger partial charge in [0, 0.05) is 4.47 Å². The van der Waals surface area contributed by atoms with Crippen molar-refractivity contribution in [2.45, 2.75) is 46.0 Å². The average molecular weight is 312 g/mol. The van der Waals surface area contributed by atoms with E-state index in [1.807, 2.05) is 0 Å². The summed E-state index contributed by atoms with van der Waals surface area (Å²) >= 11 is 3.65. The van der Waals surface area contributed by atoms with Crippen molar-refractivity contribution in [1.82, 2.24) is 5.32 Å². The standard InChI is InChI=1S/C16H26BrN/c1-3-5-8-14(13-18-11-4-2)12-15-9-6-7-10-16(15)17/h6-7,9-10,14,18H,3-5,8,11-13H2,1-2H3. The van der Waals surface area contributed by atoms with E-state index in [4.69, 9.17) is 0 Å². The highest BCUT2D eigenvalue weighted by Crippen LogP contribution is 2.21. The molecule has 2 heteroatoms. The first-order chi connectivity index (χ1) is 8.77. The minimum absolute atomic E-state index is 0.759. The highest BCUT2D eigenvalue weighted by atomic mass is 79.9. The van der Waals surface area contributed by atoms with Gasteiger partial charge in [-0.3, -0.25) is 0 Å². The minimum atomic E-state index is 0.759. The third-order valence-electron chi connectivity index (χ3n) is 3.29. The molecule has 0 aliphatic rings. The Kier molecular flexibility index (Phi) is 8.36. The van der Waals surface area contributed by atoms with Gasteiger partial charge in [-0.15, -0.1) is 0 Å². The largest absolute Gasteiger partial charge is 0.316 e. The fourth-order valence-corrected chi connectivity index (χ4v) is 2.67. The van der Waals surface area contributed by atoms with Crippen LogP contribution in [0.3, 0.4) is 0 Å². The molecule has 1 N–H and O–H groups in total. The van der Waals surface area contributed by atoms with Crippen LogP contribution in [-0.2, 0) is 6.42 Å². The quantitative estimate of drug-likeness (QED) is 0.646. The van der Waals surface area contributed by atoms with Crippen LogP contribution in [0.15, 0.2) is 28.7 Å². The van der Waals surface area contributed by atoms with Gasteiger partial charge in [-0.1, -0.05) is 60.8 Å². The van der Waals surface area contributed by atoms with E-state index in [0.29, 0.717) is 0 Å². The van der Waals surface area contributed by atoms with E-state index in [2.05, 4.69) is 59.4 Å². The molecule has 0 aromatic heterocycles. The molecule has 1 rings (SSSR count). The highest BCUT2D eigenvalue weighted by Gasteiger charge is 2.10. The molecule has 0 fully saturated rings. The van der Waals surface area contributed by atoms with E-state index in [9.17, 15) is 0 Å². The summed E-state index contributed by atoms with van der Waals surface area (Å²) in [6, 6.07) is 8.61. The molecule has 102 valence electrons. The summed E-state index contributed by atoms with van der Waals surface area (Å²) in [6.45, 7) is 6.78. The summed E-state index contributed by atoms with van der Waals surface area (Å²) < 4.78 is 1.25. The van der Waals surface area contributed by atoms with Crippen molar-refractivity contribution in [3.8, 4) is 0 Å². The zero-order chi connectivity index (χ0) is 13.2. The second-order valence-electron chi connectivity index (χ2n) is 5.01. The Morgan fingerprint density at radius 1 is 1.17 bits per heavy atom. The van der Waals surface area contributed by atoms with Crippen LogP contribution in [0.1, 0.15) is 45.1 Å². The number of hydrogen-bond acceptors (Lipinski definition) is 1. The summed E-state index contributed by atoms with van der Waals surface area (Å²) in [5.41, 5.74) is 1.44. The zero-order valence-corrected chi connectivity index (χ0v) is 13.3. The van der Waals surface area contributed by atoms with Gasteiger partial charge < -0.3 is 5.32 Å². The molecule has 0 heterocycles. The van der Waals surface area contributed by atoms with Gasteiger partial charge in [0.05, 0.1) is 0 Å². The van der Waals surface area contributed by atoms with Crippen LogP contribution in [0.4, 0.5) is 0 Å². The Bertz CT molecular complexity index is 325. The molecule has 0 spiro atoms. The van der Waals surface area contributed by atoms with Crippen LogP contribution < -0.4 is 5.32 Å². The van der Waals surface area contributed by atoms with Gasteiger partial charge in [-0.05, 0) is 49.9 Å². The van der Waals surface area contributed by atoms with Gasteiger partial charge in [0.1, 0.15) is 0 Å². The van der Waals surface area contributed by atoms with E-state index in [-0.39, 0.29) is 0 Å². The van der Waals surface area contributed by atoms with Gasteiger partial charge in [-0.2, -0.15) is 0 Å². The van der Waals surface area contributed by atoms with Crippen LogP contribution in [0.25, 0.3) is 0 Å². The van der Waals surface area contributed by atoms with E-state index in [1.165, 1.54) is 42.1 Å². The third-order valence-corrected chi connectivity index (χ3v) is 4.07. The van der Waals surface area contributed by atoms with Gasteiger partial charge in [0.25, 0.3) is 0 Å². The number of benzene rings is 1. The Balaban J connectivity index is 2.51. The van der Waals surface area contributed by atoms with E-state index < -0.39 is 0 Å². The molecule has 1 atom stereocenters. The molecule has 0 radical (unpaired) electrons. The van der Waals surface area contributed by atoms with Crippen molar-refractivity contribution in [3.05, 3.63) is 34.3 Å². The molecule has 0 saturated heterocycles. The first-order valence-corrected chi connectivity index (χ1v) is 8.01. The summed E-state index contributed by atoms with van der Waals surface area (Å²) in [5, 5.41) is 3.57. The predicted molar refractivity (Wildman–Crippen MR) is 84.0 cm³/mol. The summed E-state index contributed by atoms with van der Waals surface area (Å²) in [4.78, 5) is 0. The van der Waals surface area contributed by atoms with Gasteiger partial charge in [0.15, 0.2) is 0 Å². The van der Waals surface area contributed by atoms with Crippen molar-refractivity contribution < 1.29 is 0 Å². The predicted octanol–water partition coefficient (Wildman–Crippen LogP) is 4.80. The fourth-order valence-electron chi connectivity index (χ4n) is 2.23. The maximum absolute atomic E-state index is 3.65. The third kappa shape index (κ3) is 6.01. The molecular weight excluding hydrogens is 286 g/mol. The first-order valence-electron chi connectivity index (χ1n) is 7.22. The van der Waals surface area contributed by atoms with Crippen LogP contribution >= 0.6 is 15.9 Å². The Morgan fingerprint density at radius 3 is 2.61 bits per heavy atom. The van der Waals surface area contributed by atoms with Crippen LogP contribution in [0, 0.1) is 5.92 Å². The summed E-state index contributed by atoms with van der Waals surface area (Å²) in [7, 11) is 0. The van der Waals surface area contributed by atoms with Crippen molar-refractivity contribution in [1.29, 1.82) is 0 Å². The van der Waals surface area contributed by atoms with Crippen LogP contribution in [0.5, 0.6) is 0 Å². The molecule has 1 aromatic rings. The first kappa shape index (κ1) is 15.7. The fraction of sp³-hybridized carbons (Fsp3) is 0.625. The SMILES string of the molecule is CCCCC(CNCCC)Cc1ccccc1Br. The van der Waals surface area contributed by atoms with E-state index >= 15 is 0 Å². The monoisotopic (exact) mass is 311 g/mol. The molecule has 1 aromatic carbocycles. The molecule has 0 saturated carbocycles. The highest BCUT2D eigenvalue weighted by molar-refractivity contribution is 9.10. The topological polar surface area (TPSA) is 12.0 Å². The zero-order valence-electron chi connectivity index (χ0n) is 11.7. The lowest BCUT2D eigenvalue weighted by molar-refractivity contribution is 0.428. The number of rotatable bonds is 9. The van der Waals surface area contributed by atoms with Crippen LogP contribution in [-0.4, -0.2) is 13.1 Å². The molecular formula is C16H26BrN. The summed E-state index contributed by atoms with van der Waals surface area (Å²) in [6.07, 6.45) is 6.35. The Labute approximate surface area is 120 Å². The number of nitrogens with one attached hydrogen (secondary N) is 1. The van der Waals surface area contributed by atoms with Gasteiger partial charge in [0.2, 0.25) is 0 Å². The second kappa shape index (κ2) is 9.57. The lowest BCUT2D eigenvalue weighted by atomic mass is 9.94. The van der Waals surface area contributed by atoms with Crippen molar-refractivity contribution in [3.63, 3.8) is 0 Å². The lowest BCUT2D eigenvalue weighted by Gasteiger charge is -2.18. The average Bonchev–Trinajstić information content (AvgIpc) is 2.38.